The van der Waals surface area contributed by atoms with E-state index in [0.717, 1.165) is 30.9 Å². The van der Waals surface area contributed by atoms with Crippen LogP contribution in [0, 0.1) is 41.0 Å². The van der Waals surface area contributed by atoms with Gasteiger partial charge in [-0.2, -0.15) is 0 Å². The van der Waals surface area contributed by atoms with E-state index in [1.54, 1.807) is 0 Å². The summed E-state index contributed by atoms with van der Waals surface area (Å²) in [5, 5.41) is 0. The van der Waals surface area contributed by atoms with Crippen LogP contribution in [0.25, 0.3) is 11.1 Å². The number of ether oxygens (including phenoxy) is 3. The molecule has 0 radical (unpaired) electrons. The Morgan fingerprint density at radius 2 is 1.46 bits per heavy atom. The van der Waals surface area contributed by atoms with Gasteiger partial charge in [-0.05, 0) is 54.5 Å². The van der Waals surface area contributed by atoms with Crippen LogP contribution in [0.2, 0.25) is 0 Å². The molecule has 0 atom stereocenters. The first-order valence-corrected chi connectivity index (χ1v) is 12.6. The molecular formula is C28H30F6O3. The Hall–Kier alpha value is -2.52. The van der Waals surface area contributed by atoms with E-state index in [0.29, 0.717) is 43.6 Å². The summed E-state index contributed by atoms with van der Waals surface area (Å²) in [5.41, 5.74) is -0.929. The Labute approximate surface area is 212 Å². The van der Waals surface area contributed by atoms with Gasteiger partial charge in [-0.15, -0.1) is 0 Å². The second-order valence-corrected chi connectivity index (χ2v) is 9.74. The second kappa shape index (κ2) is 12.3. The highest BCUT2D eigenvalue weighted by Gasteiger charge is 2.33. The number of alkyl halides is 2. The SMILES string of the molecule is CCCC1CCC(C2COC(c3cc(F)c(-c4cc(F)c(O/C=C/C(F)F)c(F)c4)c(F)c3)OC2)CC1. The topological polar surface area (TPSA) is 27.7 Å². The summed E-state index contributed by atoms with van der Waals surface area (Å²) in [5.74, 6) is -4.14. The van der Waals surface area contributed by atoms with Crippen LogP contribution in [0.5, 0.6) is 5.75 Å². The van der Waals surface area contributed by atoms with Gasteiger partial charge in [0.05, 0.1) is 25.0 Å². The second-order valence-electron chi connectivity index (χ2n) is 9.74. The van der Waals surface area contributed by atoms with E-state index in [2.05, 4.69) is 11.7 Å². The molecule has 0 unspecified atom stereocenters. The van der Waals surface area contributed by atoms with E-state index in [1.165, 1.54) is 25.7 Å². The zero-order valence-electron chi connectivity index (χ0n) is 20.5. The zero-order chi connectivity index (χ0) is 26.5. The van der Waals surface area contributed by atoms with Gasteiger partial charge in [0.15, 0.2) is 23.7 Å². The van der Waals surface area contributed by atoms with E-state index >= 15 is 0 Å². The average Bonchev–Trinajstić information content (AvgIpc) is 2.86. The number of halogens is 6. The summed E-state index contributed by atoms with van der Waals surface area (Å²) < 4.78 is 99.1. The van der Waals surface area contributed by atoms with Crippen molar-refractivity contribution in [2.24, 2.45) is 17.8 Å². The monoisotopic (exact) mass is 528 g/mol. The summed E-state index contributed by atoms with van der Waals surface area (Å²) in [6.07, 6.45) is 4.03. The van der Waals surface area contributed by atoms with Crippen molar-refractivity contribution < 1.29 is 40.6 Å². The Morgan fingerprint density at radius 3 is 2.00 bits per heavy atom. The smallest absolute Gasteiger partial charge is 0.260 e. The van der Waals surface area contributed by atoms with Crippen molar-refractivity contribution in [2.45, 2.75) is 58.2 Å². The summed E-state index contributed by atoms with van der Waals surface area (Å²) in [6, 6.07) is 3.38. The molecule has 2 aromatic carbocycles. The molecule has 2 aliphatic rings. The highest BCUT2D eigenvalue weighted by Crippen LogP contribution is 2.40. The minimum absolute atomic E-state index is 0.127. The fraction of sp³-hybridized carbons (Fsp3) is 0.500. The van der Waals surface area contributed by atoms with Crippen LogP contribution < -0.4 is 4.74 Å². The van der Waals surface area contributed by atoms with Gasteiger partial charge < -0.3 is 14.2 Å². The first-order valence-electron chi connectivity index (χ1n) is 12.6. The van der Waals surface area contributed by atoms with Gasteiger partial charge in [-0.3, -0.25) is 0 Å². The molecule has 9 heteroatoms. The Bertz CT molecular complexity index is 1040. The first-order chi connectivity index (χ1) is 17.8. The third kappa shape index (κ3) is 6.68. The maximum atomic E-state index is 15.0. The van der Waals surface area contributed by atoms with E-state index < -0.39 is 52.9 Å². The van der Waals surface area contributed by atoms with Crippen LogP contribution in [0.1, 0.15) is 57.3 Å². The molecule has 202 valence electrons. The minimum Gasteiger partial charge on any atom is -0.459 e. The lowest BCUT2D eigenvalue weighted by atomic mass is 9.75. The van der Waals surface area contributed by atoms with Crippen molar-refractivity contribution >= 4 is 0 Å². The molecule has 3 nitrogen and oxygen atoms in total. The summed E-state index contributed by atoms with van der Waals surface area (Å²) >= 11 is 0. The lowest BCUT2D eigenvalue weighted by Gasteiger charge is -2.37. The summed E-state index contributed by atoms with van der Waals surface area (Å²) in [7, 11) is 0. The fourth-order valence-electron chi connectivity index (χ4n) is 5.33. The lowest BCUT2D eigenvalue weighted by Crippen LogP contribution is -2.34. The van der Waals surface area contributed by atoms with Gasteiger partial charge in [0.1, 0.15) is 11.6 Å². The van der Waals surface area contributed by atoms with E-state index in [9.17, 15) is 26.3 Å². The van der Waals surface area contributed by atoms with Gasteiger partial charge in [-0.25, -0.2) is 26.3 Å². The third-order valence-corrected chi connectivity index (χ3v) is 7.21. The van der Waals surface area contributed by atoms with Crippen molar-refractivity contribution in [3.8, 4) is 16.9 Å². The molecule has 0 amide bonds. The quantitative estimate of drug-likeness (QED) is 0.255. The van der Waals surface area contributed by atoms with Crippen molar-refractivity contribution in [1.82, 2.24) is 0 Å². The van der Waals surface area contributed by atoms with Crippen LogP contribution in [0.3, 0.4) is 0 Å². The van der Waals surface area contributed by atoms with Crippen LogP contribution >= 0.6 is 0 Å². The molecule has 1 saturated heterocycles. The molecular weight excluding hydrogens is 498 g/mol. The maximum absolute atomic E-state index is 15.0. The normalized spacial score (nSPS) is 24.6. The molecule has 37 heavy (non-hydrogen) atoms. The van der Waals surface area contributed by atoms with E-state index in [4.69, 9.17) is 9.47 Å². The summed E-state index contributed by atoms with van der Waals surface area (Å²) in [6.45, 7) is 3.06. The molecule has 0 N–H and O–H groups in total. The molecule has 4 rings (SSSR count). The standard InChI is InChI=1S/C28H30F6O3/c1-2-3-16-4-6-17(7-5-16)20-14-36-28(37-15-20)19-12-21(29)26(22(30)13-19)18-10-23(31)27(24(32)11-18)35-9-8-25(33)34/h8-13,16-17,20,25,28H,2-7,14-15H2,1H3/b9-8+. The Morgan fingerprint density at radius 1 is 0.865 bits per heavy atom. The molecule has 0 bridgehead atoms. The zero-order valence-corrected chi connectivity index (χ0v) is 20.5. The average molecular weight is 529 g/mol. The number of hydrogen-bond acceptors (Lipinski definition) is 3. The largest absolute Gasteiger partial charge is 0.459 e. The van der Waals surface area contributed by atoms with E-state index in [-0.39, 0.29) is 11.5 Å². The van der Waals surface area contributed by atoms with Gasteiger partial charge in [0.2, 0.25) is 0 Å². The number of allylic oxidation sites excluding steroid dienone is 1. The summed E-state index contributed by atoms with van der Waals surface area (Å²) in [4.78, 5) is 0. The molecule has 0 aromatic heterocycles. The molecule has 1 aliphatic heterocycles. The maximum Gasteiger partial charge on any atom is 0.260 e. The Kier molecular flexibility index (Phi) is 9.18. The number of hydrogen-bond donors (Lipinski definition) is 0. The van der Waals surface area contributed by atoms with Crippen molar-refractivity contribution in [3.63, 3.8) is 0 Å². The van der Waals surface area contributed by atoms with E-state index in [1.807, 2.05) is 0 Å². The van der Waals surface area contributed by atoms with Gasteiger partial charge >= 0.3 is 0 Å². The van der Waals surface area contributed by atoms with Crippen LogP contribution in [0.15, 0.2) is 36.6 Å². The third-order valence-electron chi connectivity index (χ3n) is 7.21. The van der Waals surface area contributed by atoms with Crippen LogP contribution in [-0.2, 0) is 9.47 Å². The highest BCUT2D eigenvalue weighted by atomic mass is 19.3. The molecule has 2 fully saturated rings. The van der Waals surface area contributed by atoms with Gasteiger partial charge in [0, 0.05) is 17.6 Å². The lowest BCUT2D eigenvalue weighted by molar-refractivity contribution is -0.215. The Balaban J connectivity index is 1.43. The van der Waals surface area contributed by atoms with Crippen molar-refractivity contribution in [2.75, 3.05) is 13.2 Å². The van der Waals surface area contributed by atoms with Crippen LogP contribution in [-0.4, -0.2) is 19.6 Å². The highest BCUT2D eigenvalue weighted by molar-refractivity contribution is 5.66. The van der Waals surface area contributed by atoms with Crippen LogP contribution in [0.4, 0.5) is 26.3 Å². The number of benzene rings is 2. The van der Waals surface area contributed by atoms with Gasteiger partial charge in [-0.1, -0.05) is 32.6 Å². The van der Waals surface area contributed by atoms with Crippen molar-refractivity contribution in [3.05, 3.63) is 65.4 Å². The first kappa shape index (κ1) is 27.5. The molecule has 1 saturated carbocycles. The molecule has 2 aromatic rings. The predicted octanol–water partition coefficient (Wildman–Crippen LogP) is 8.34. The molecule has 0 spiro atoms. The van der Waals surface area contributed by atoms with Crippen molar-refractivity contribution in [1.29, 1.82) is 0 Å². The predicted molar refractivity (Wildman–Crippen MR) is 126 cm³/mol. The fourth-order valence-corrected chi connectivity index (χ4v) is 5.33. The van der Waals surface area contributed by atoms with Gasteiger partial charge in [0.25, 0.3) is 6.43 Å². The minimum atomic E-state index is -2.87. The number of rotatable bonds is 8. The molecule has 1 heterocycles. The molecule has 1 aliphatic carbocycles.